The monoisotopic (exact) mass is 292 g/mol. The summed E-state index contributed by atoms with van der Waals surface area (Å²) in [7, 11) is 0. The van der Waals surface area contributed by atoms with Gasteiger partial charge in [0.2, 0.25) is 17.7 Å². The van der Waals surface area contributed by atoms with Crippen LogP contribution in [0.15, 0.2) is 6.07 Å². The van der Waals surface area contributed by atoms with E-state index in [-0.39, 0.29) is 11.7 Å². The van der Waals surface area contributed by atoms with E-state index in [1.807, 2.05) is 19.9 Å². The second kappa shape index (κ2) is 6.97. The Balaban J connectivity index is 3.51. The quantitative estimate of drug-likeness (QED) is 0.794. The van der Waals surface area contributed by atoms with Crippen LogP contribution in [0, 0.1) is 0 Å². The molecular formula is C15H20N2O4. The molecule has 0 atom stereocenters. The third-order valence-electron chi connectivity index (χ3n) is 2.96. The Morgan fingerprint density at radius 3 is 1.95 bits per heavy atom. The summed E-state index contributed by atoms with van der Waals surface area (Å²) in [6.45, 7) is 7.69. The number of hydrogen-bond acceptors (Lipinski definition) is 5. The van der Waals surface area contributed by atoms with Crippen molar-refractivity contribution in [3.05, 3.63) is 17.2 Å². The van der Waals surface area contributed by atoms with Crippen molar-refractivity contribution in [3.63, 3.8) is 0 Å². The molecule has 6 heteroatoms. The molecule has 0 saturated heterocycles. The number of pyridine rings is 1. The summed E-state index contributed by atoms with van der Waals surface area (Å²) in [5, 5.41) is 0. The molecule has 1 rings (SSSR count). The number of amides is 2. The highest BCUT2D eigenvalue weighted by atomic mass is 16.5. The van der Waals surface area contributed by atoms with Crippen LogP contribution >= 0.6 is 0 Å². The van der Waals surface area contributed by atoms with Crippen molar-refractivity contribution in [2.24, 2.45) is 0 Å². The topological polar surface area (TPSA) is 76.6 Å². The van der Waals surface area contributed by atoms with E-state index in [1.54, 1.807) is 0 Å². The Kier molecular flexibility index (Phi) is 5.58. The molecule has 1 heterocycles. The van der Waals surface area contributed by atoms with Gasteiger partial charge in [-0.25, -0.2) is 4.90 Å². The lowest BCUT2D eigenvalue weighted by Gasteiger charge is -2.21. The average Bonchev–Trinajstić information content (AvgIpc) is 2.37. The van der Waals surface area contributed by atoms with Crippen molar-refractivity contribution in [1.29, 1.82) is 0 Å². The van der Waals surface area contributed by atoms with Gasteiger partial charge in [0.05, 0.1) is 0 Å². The summed E-state index contributed by atoms with van der Waals surface area (Å²) in [6, 6.07) is 1.82. The van der Waals surface area contributed by atoms with Gasteiger partial charge in [-0.1, -0.05) is 13.8 Å². The van der Waals surface area contributed by atoms with Gasteiger partial charge in [-0.05, 0) is 24.5 Å². The van der Waals surface area contributed by atoms with Crippen molar-refractivity contribution in [1.82, 2.24) is 4.98 Å². The molecule has 1 aromatic rings. The van der Waals surface area contributed by atoms with Crippen LogP contribution in [-0.2, 0) is 27.2 Å². The highest BCUT2D eigenvalue weighted by Crippen LogP contribution is 2.27. The highest BCUT2D eigenvalue weighted by Gasteiger charge is 2.23. The van der Waals surface area contributed by atoms with E-state index in [9.17, 15) is 14.4 Å². The first-order valence-electron chi connectivity index (χ1n) is 6.84. The first-order valence-corrected chi connectivity index (χ1v) is 6.84. The number of rotatable bonds is 4. The molecule has 114 valence electrons. The van der Waals surface area contributed by atoms with Gasteiger partial charge in [0.15, 0.2) is 0 Å². The molecule has 0 aliphatic carbocycles. The molecule has 2 amide bonds. The number of nitrogens with zero attached hydrogens (tertiary/aromatic N) is 2. The molecule has 0 aliphatic heterocycles. The SMILES string of the molecule is CCc1cc(CC)c(N(C(C)=O)C(C)=O)nc1OC(C)=O. The smallest absolute Gasteiger partial charge is 0.309 e. The Morgan fingerprint density at radius 2 is 1.57 bits per heavy atom. The van der Waals surface area contributed by atoms with Crippen LogP contribution in [0.4, 0.5) is 5.82 Å². The zero-order chi connectivity index (χ0) is 16.2. The maximum Gasteiger partial charge on any atom is 0.309 e. The summed E-state index contributed by atoms with van der Waals surface area (Å²) in [4.78, 5) is 39.8. The van der Waals surface area contributed by atoms with Crippen LogP contribution in [0.2, 0.25) is 0 Å². The number of imide groups is 1. The molecule has 0 fully saturated rings. The maximum absolute atomic E-state index is 11.7. The van der Waals surface area contributed by atoms with Crippen LogP contribution < -0.4 is 9.64 Å². The first kappa shape index (κ1) is 16.8. The van der Waals surface area contributed by atoms with Crippen LogP contribution in [0.3, 0.4) is 0 Å². The number of hydrogen-bond donors (Lipinski definition) is 0. The van der Waals surface area contributed by atoms with Gasteiger partial charge < -0.3 is 4.74 Å². The van der Waals surface area contributed by atoms with E-state index in [2.05, 4.69) is 4.98 Å². The normalized spacial score (nSPS) is 10.1. The Morgan fingerprint density at radius 1 is 1.05 bits per heavy atom. The Bertz CT molecular complexity index is 567. The van der Waals surface area contributed by atoms with Gasteiger partial charge in [0.25, 0.3) is 0 Å². The summed E-state index contributed by atoms with van der Waals surface area (Å²) in [6.07, 6.45) is 1.23. The Hall–Kier alpha value is -2.24. The number of esters is 1. The van der Waals surface area contributed by atoms with E-state index in [0.29, 0.717) is 12.8 Å². The van der Waals surface area contributed by atoms with Gasteiger partial charge in [-0.3, -0.25) is 14.4 Å². The standard InChI is InChI=1S/C15H20N2O4/c1-6-12-8-13(7-2)15(21-11(5)20)16-14(12)17(9(3)18)10(4)19/h8H,6-7H2,1-5H3. The van der Waals surface area contributed by atoms with Crippen molar-refractivity contribution in [3.8, 4) is 5.88 Å². The number of aryl methyl sites for hydroxylation is 2. The molecule has 21 heavy (non-hydrogen) atoms. The van der Waals surface area contributed by atoms with E-state index >= 15 is 0 Å². The summed E-state index contributed by atoms with van der Waals surface area (Å²) < 4.78 is 5.09. The maximum atomic E-state index is 11.7. The van der Waals surface area contributed by atoms with Crippen LogP contribution in [0.1, 0.15) is 45.7 Å². The van der Waals surface area contributed by atoms with Crippen LogP contribution in [0.25, 0.3) is 0 Å². The van der Waals surface area contributed by atoms with E-state index in [1.165, 1.54) is 20.8 Å². The molecule has 0 bridgehead atoms. The number of carbonyl (C=O) groups is 3. The average molecular weight is 292 g/mol. The minimum absolute atomic E-state index is 0.143. The van der Waals surface area contributed by atoms with Gasteiger partial charge in [0.1, 0.15) is 5.82 Å². The second-order valence-electron chi connectivity index (χ2n) is 4.61. The lowest BCUT2D eigenvalue weighted by molar-refractivity contribution is -0.132. The third-order valence-corrected chi connectivity index (χ3v) is 2.96. The molecule has 0 saturated carbocycles. The highest BCUT2D eigenvalue weighted by molar-refractivity contribution is 6.13. The fourth-order valence-electron chi connectivity index (χ4n) is 2.03. The molecule has 0 aliphatic rings. The first-order chi connectivity index (χ1) is 9.81. The molecule has 0 N–H and O–H groups in total. The van der Waals surface area contributed by atoms with E-state index < -0.39 is 17.8 Å². The van der Waals surface area contributed by atoms with Crippen molar-refractivity contribution < 1.29 is 19.1 Å². The second-order valence-corrected chi connectivity index (χ2v) is 4.61. The minimum Gasteiger partial charge on any atom is -0.407 e. The van der Waals surface area contributed by atoms with E-state index in [4.69, 9.17) is 4.74 Å². The van der Waals surface area contributed by atoms with Gasteiger partial charge in [-0.2, -0.15) is 4.98 Å². The van der Waals surface area contributed by atoms with Gasteiger partial charge >= 0.3 is 5.97 Å². The van der Waals surface area contributed by atoms with Gasteiger partial charge in [0, 0.05) is 26.3 Å². The van der Waals surface area contributed by atoms with Gasteiger partial charge in [-0.15, -0.1) is 0 Å². The number of anilines is 1. The zero-order valence-electron chi connectivity index (χ0n) is 13.0. The molecule has 0 unspecified atom stereocenters. The van der Waals surface area contributed by atoms with Crippen LogP contribution in [0.5, 0.6) is 5.88 Å². The van der Waals surface area contributed by atoms with E-state index in [0.717, 1.165) is 16.0 Å². The van der Waals surface area contributed by atoms with Crippen LogP contribution in [-0.4, -0.2) is 22.8 Å². The fraction of sp³-hybridized carbons (Fsp3) is 0.467. The molecule has 0 spiro atoms. The predicted molar refractivity (Wildman–Crippen MR) is 78.1 cm³/mol. The lowest BCUT2D eigenvalue weighted by atomic mass is 10.1. The number of carbonyl (C=O) groups excluding carboxylic acids is 3. The molecule has 6 nitrogen and oxygen atoms in total. The van der Waals surface area contributed by atoms with Crippen molar-refractivity contribution in [2.45, 2.75) is 47.5 Å². The summed E-state index contributed by atoms with van der Waals surface area (Å²) >= 11 is 0. The summed E-state index contributed by atoms with van der Waals surface area (Å²) in [5.74, 6) is -0.981. The van der Waals surface area contributed by atoms with Crippen molar-refractivity contribution in [2.75, 3.05) is 4.90 Å². The summed E-state index contributed by atoms with van der Waals surface area (Å²) in [5.41, 5.74) is 1.52. The molecular weight excluding hydrogens is 272 g/mol. The number of aromatic nitrogens is 1. The molecule has 0 aromatic carbocycles. The molecule has 1 aromatic heterocycles. The van der Waals surface area contributed by atoms with Crippen molar-refractivity contribution >= 4 is 23.6 Å². The predicted octanol–water partition coefficient (Wildman–Crippen LogP) is 2.03. The number of ether oxygens (including phenoxy) is 1. The largest absolute Gasteiger partial charge is 0.407 e. The third kappa shape index (κ3) is 3.87. The lowest BCUT2D eigenvalue weighted by Crippen LogP contribution is -2.35. The minimum atomic E-state index is -0.496. The fourth-order valence-corrected chi connectivity index (χ4v) is 2.03. The Labute approximate surface area is 124 Å². The zero-order valence-corrected chi connectivity index (χ0v) is 13.0. The molecule has 0 radical (unpaired) electrons.